The molecule has 0 bridgehead atoms. The Bertz CT molecular complexity index is 588. The molecule has 112 valence electrons. The van der Waals surface area contributed by atoms with Gasteiger partial charge >= 0.3 is 0 Å². The van der Waals surface area contributed by atoms with E-state index in [0.717, 1.165) is 24.2 Å². The summed E-state index contributed by atoms with van der Waals surface area (Å²) in [4.78, 5) is 4.15. The second kappa shape index (κ2) is 7.42. The molecule has 1 heterocycles. The van der Waals surface area contributed by atoms with Crippen molar-refractivity contribution >= 4 is 5.96 Å². The summed E-state index contributed by atoms with van der Waals surface area (Å²) in [5, 5.41) is 10.6. The first-order chi connectivity index (χ1) is 10.2. The fourth-order valence-corrected chi connectivity index (χ4v) is 1.89. The van der Waals surface area contributed by atoms with Gasteiger partial charge in [0.1, 0.15) is 5.82 Å². The summed E-state index contributed by atoms with van der Waals surface area (Å²) in [6.45, 7) is 4.11. The van der Waals surface area contributed by atoms with Crippen molar-refractivity contribution in [1.82, 2.24) is 20.4 Å². The Morgan fingerprint density at radius 3 is 2.67 bits per heavy atom. The van der Waals surface area contributed by atoms with Crippen LogP contribution in [0.2, 0.25) is 0 Å². The van der Waals surface area contributed by atoms with Gasteiger partial charge in [-0.15, -0.1) is 0 Å². The quantitative estimate of drug-likeness (QED) is 0.650. The Kier molecular flexibility index (Phi) is 5.31. The van der Waals surface area contributed by atoms with Gasteiger partial charge in [0.25, 0.3) is 0 Å². The summed E-state index contributed by atoms with van der Waals surface area (Å²) < 4.78 is 14.7. The molecule has 1 aromatic heterocycles. The van der Waals surface area contributed by atoms with E-state index in [1.54, 1.807) is 19.2 Å². The van der Waals surface area contributed by atoms with E-state index in [1.807, 2.05) is 24.0 Å². The molecule has 2 N–H and O–H groups in total. The number of nitrogens with zero attached hydrogens (tertiary/aromatic N) is 3. The molecule has 0 aliphatic carbocycles. The minimum absolute atomic E-state index is 0.226. The first-order valence-electron chi connectivity index (χ1n) is 6.85. The van der Waals surface area contributed by atoms with Gasteiger partial charge in [-0.25, -0.2) is 4.39 Å². The van der Waals surface area contributed by atoms with Gasteiger partial charge < -0.3 is 10.6 Å². The number of halogens is 1. The number of guanidine groups is 1. The highest BCUT2D eigenvalue weighted by molar-refractivity contribution is 5.79. The number of hydrogen-bond acceptors (Lipinski definition) is 2. The third kappa shape index (κ3) is 4.91. The zero-order valence-corrected chi connectivity index (χ0v) is 12.3. The normalized spacial score (nSPS) is 11.5. The third-order valence-corrected chi connectivity index (χ3v) is 2.99. The number of benzene rings is 1. The first kappa shape index (κ1) is 15.0. The van der Waals surface area contributed by atoms with E-state index in [9.17, 15) is 4.39 Å². The van der Waals surface area contributed by atoms with Gasteiger partial charge in [-0.05, 0) is 30.2 Å². The van der Waals surface area contributed by atoms with Gasteiger partial charge in [-0.2, -0.15) is 5.10 Å². The Morgan fingerprint density at radius 1 is 1.29 bits per heavy atom. The number of aliphatic imine (C=N–C) groups is 1. The highest BCUT2D eigenvalue weighted by Crippen LogP contribution is 2.01. The van der Waals surface area contributed by atoms with Crippen molar-refractivity contribution in [3.05, 3.63) is 53.6 Å². The molecule has 0 aliphatic heterocycles. The largest absolute Gasteiger partial charge is 0.355 e. The SMILES string of the molecule is CN=C(NCCn1cc(C)cn1)NCc1ccc(F)cc1. The van der Waals surface area contributed by atoms with E-state index in [2.05, 4.69) is 20.7 Å². The molecule has 0 atom stereocenters. The fourth-order valence-electron chi connectivity index (χ4n) is 1.89. The van der Waals surface area contributed by atoms with Crippen LogP contribution in [0.1, 0.15) is 11.1 Å². The van der Waals surface area contributed by atoms with Crippen molar-refractivity contribution in [2.45, 2.75) is 20.0 Å². The maximum absolute atomic E-state index is 12.8. The highest BCUT2D eigenvalue weighted by atomic mass is 19.1. The number of aromatic nitrogens is 2. The fraction of sp³-hybridized carbons (Fsp3) is 0.333. The van der Waals surface area contributed by atoms with Gasteiger partial charge in [0.15, 0.2) is 5.96 Å². The van der Waals surface area contributed by atoms with Crippen molar-refractivity contribution in [3.63, 3.8) is 0 Å². The van der Waals surface area contributed by atoms with Gasteiger partial charge in [-0.3, -0.25) is 9.67 Å². The first-order valence-corrected chi connectivity index (χ1v) is 6.85. The Morgan fingerprint density at radius 2 is 2.05 bits per heavy atom. The predicted octanol–water partition coefficient (Wildman–Crippen LogP) is 1.70. The summed E-state index contributed by atoms with van der Waals surface area (Å²) in [7, 11) is 1.72. The van der Waals surface area contributed by atoms with E-state index in [-0.39, 0.29) is 5.82 Å². The Hall–Kier alpha value is -2.37. The zero-order valence-electron chi connectivity index (χ0n) is 12.3. The average Bonchev–Trinajstić information content (AvgIpc) is 2.90. The summed E-state index contributed by atoms with van der Waals surface area (Å²) in [5.74, 6) is 0.485. The van der Waals surface area contributed by atoms with Crippen molar-refractivity contribution in [2.75, 3.05) is 13.6 Å². The maximum Gasteiger partial charge on any atom is 0.191 e. The molecule has 0 spiro atoms. The van der Waals surface area contributed by atoms with Crippen LogP contribution in [-0.4, -0.2) is 29.3 Å². The standard InChI is InChI=1S/C15H20FN5/c1-12-9-20-21(11-12)8-7-18-15(17-2)19-10-13-3-5-14(16)6-4-13/h3-6,9,11H,7-8,10H2,1-2H3,(H2,17,18,19). The lowest BCUT2D eigenvalue weighted by molar-refractivity contribution is 0.597. The minimum atomic E-state index is -0.226. The third-order valence-electron chi connectivity index (χ3n) is 2.99. The minimum Gasteiger partial charge on any atom is -0.355 e. The van der Waals surface area contributed by atoms with E-state index in [1.165, 1.54) is 12.1 Å². The van der Waals surface area contributed by atoms with E-state index < -0.39 is 0 Å². The van der Waals surface area contributed by atoms with Crippen LogP contribution in [0.3, 0.4) is 0 Å². The van der Waals surface area contributed by atoms with Crippen LogP contribution in [-0.2, 0) is 13.1 Å². The monoisotopic (exact) mass is 289 g/mol. The molecular formula is C15H20FN5. The molecule has 0 aliphatic rings. The molecule has 5 nitrogen and oxygen atoms in total. The molecule has 0 saturated heterocycles. The molecule has 6 heteroatoms. The molecule has 0 fully saturated rings. The van der Waals surface area contributed by atoms with Crippen molar-refractivity contribution in [1.29, 1.82) is 0 Å². The molecule has 0 radical (unpaired) electrons. The molecular weight excluding hydrogens is 269 g/mol. The molecule has 0 amide bonds. The molecule has 21 heavy (non-hydrogen) atoms. The topological polar surface area (TPSA) is 54.2 Å². The summed E-state index contributed by atoms with van der Waals surface area (Å²) >= 11 is 0. The number of hydrogen-bond donors (Lipinski definition) is 2. The van der Waals surface area contributed by atoms with Gasteiger partial charge in [0.2, 0.25) is 0 Å². The van der Waals surface area contributed by atoms with E-state index in [0.29, 0.717) is 12.5 Å². The lowest BCUT2D eigenvalue weighted by atomic mass is 10.2. The molecule has 2 aromatic rings. The Balaban J connectivity index is 1.74. The van der Waals surface area contributed by atoms with E-state index in [4.69, 9.17) is 0 Å². The highest BCUT2D eigenvalue weighted by Gasteiger charge is 1.99. The molecule has 0 unspecified atom stereocenters. The number of nitrogens with one attached hydrogen (secondary N) is 2. The van der Waals surface area contributed by atoms with Gasteiger partial charge in [-0.1, -0.05) is 12.1 Å². The van der Waals surface area contributed by atoms with Crippen LogP contribution in [0.5, 0.6) is 0 Å². The second-order valence-corrected chi connectivity index (χ2v) is 4.76. The zero-order chi connectivity index (χ0) is 15.1. The number of aryl methyl sites for hydroxylation is 1. The molecule has 2 rings (SSSR count). The van der Waals surface area contributed by atoms with Crippen molar-refractivity contribution in [2.24, 2.45) is 4.99 Å². The summed E-state index contributed by atoms with van der Waals surface area (Å²) in [6, 6.07) is 6.41. The summed E-state index contributed by atoms with van der Waals surface area (Å²) in [5.41, 5.74) is 2.15. The second-order valence-electron chi connectivity index (χ2n) is 4.76. The van der Waals surface area contributed by atoms with Gasteiger partial charge in [0.05, 0.1) is 12.7 Å². The van der Waals surface area contributed by atoms with Crippen LogP contribution in [0.25, 0.3) is 0 Å². The number of rotatable bonds is 5. The van der Waals surface area contributed by atoms with Gasteiger partial charge in [0, 0.05) is 26.3 Å². The van der Waals surface area contributed by atoms with Crippen LogP contribution in [0.15, 0.2) is 41.7 Å². The lowest BCUT2D eigenvalue weighted by Gasteiger charge is -2.12. The average molecular weight is 289 g/mol. The van der Waals surface area contributed by atoms with Crippen molar-refractivity contribution < 1.29 is 4.39 Å². The smallest absolute Gasteiger partial charge is 0.191 e. The van der Waals surface area contributed by atoms with Crippen LogP contribution >= 0.6 is 0 Å². The van der Waals surface area contributed by atoms with Crippen LogP contribution < -0.4 is 10.6 Å². The van der Waals surface area contributed by atoms with Crippen LogP contribution in [0.4, 0.5) is 4.39 Å². The summed E-state index contributed by atoms with van der Waals surface area (Å²) in [6.07, 6.45) is 3.83. The Labute approximate surface area is 123 Å². The van der Waals surface area contributed by atoms with Crippen LogP contribution in [0, 0.1) is 12.7 Å². The lowest BCUT2D eigenvalue weighted by Crippen LogP contribution is -2.38. The van der Waals surface area contributed by atoms with E-state index >= 15 is 0 Å². The molecule has 1 aromatic carbocycles. The predicted molar refractivity (Wildman–Crippen MR) is 81.6 cm³/mol. The van der Waals surface area contributed by atoms with Crippen molar-refractivity contribution in [3.8, 4) is 0 Å². The molecule has 0 saturated carbocycles. The maximum atomic E-state index is 12.8.